The maximum Gasteiger partial charge on any atom is 2.00 e. The third-order valence-corrected chi connectivity index (χ3v) is 2.74. The normalized spacial score (nSPS) is 7.56. The third kappa shape index (κ3) is 13.3. The molecule has 0 radical (unpaired) electrons. The second-order valence-corrected chi connectivity index (χ2v) is 4.64. The Balaban J connectivity index is -0.000000101. The van der Waals surface area contributed by atoms with Crippen molar-refractivity contribution in [2.24, 2.45) is 0 Å². The van der Waals surface area contributed by atoms with Crippen LogP contribution in [0.15, 0.2) is 48.5 Å². The van der Waals surface area contributed by atoms with E-state index >= 15 is 0 Å². The van der Waals surface area contributed by atoms with Crippen LogP contribution >= 0.6 is 23.2 Å². The minimum absolute atomic E-state index is 0. The predicted molar refractivity (Wildman–Crippen MR) is 93.9 cm³/mol. The second kappa shape index (κ2) is 19.3. The molecule has 148 valence electrons. The molecule has 0 saturated carbocycles. The van der Waals surface area contributed by atoms with Crippen LogP contribution in [-0.2, 0) is 9.78 Å². The van der Waals surface area contributed by atoms with E-state index in [9.17, 15) is 20.1 Å². The molecule has 2 rings (SSSR count). The number of hydrogen-bond acceptors (Lipinski definition) is 6. The molecular weight excluding hydrogens is 423 g/mol. The zero-order valence-electron chi connectivity index (χ0n) is 13.5. The summed E-state index contributed by atoms with van der Waals surface area (Å²) in [5.41, 5.74) is 0.319. The molecule has 0 spiro atoms. The zero-order valence-corrected chi connectivity index (χ0v) is 16.5. The van der Waals surface area contributed by atoms with E-state index in [-0.39, 0.29) is 56.1 Å². The van der Waals surface area contributed by atoms with Gasteiger partial charge >= 0.3 is 35.0 Å². The summed E-state index contributed by atoms with van der Waals surface area (Å²) in [7, 11) is 0. The quantitative estimate of drug-likeness (QED) is 0.288. The first kappa shape index (κ1) is 36.4. The van der Waals surface area contributed by atoms with E-state index in [4.69, 9.17) is 23.2 Å². The molecule has 10 nitrogen and oxygen atoms in total. The van der Waals surface area contributed by atoms with Crippen molar-refractivity contribution in [1.29, 1.82) is 0 Å². The van der Waals surface area contributed by atoms with Gasteiger partial charge in [-0.05, 0) is 36.4 Å². The van der Waals surface area contributed by atoms with Gasteiger partial charge in [0.25, 0.3) is 0 Å². The van der Waals surface area contributed by atoms with E-state index in [2.05, 4.69) is 9.78 Å². The Bertz CT molecular complexity index is 614. The van der Waals surface area contributed by atoms with E-state index in [1.807, 2.05) is 0 Å². The van der Waals surface area contributed by atoms with Gasteiger partial charge in [0.05, 0.1) is 11.1 Å². The zero-order chi connectivity index (χ0) is 16.5. The summed E-state index contributed by atoms with van der Waals surface area (Å²) in [6.07, 6.45) is 0. The van der Waals surface area contributed by atoms with Crippen molar-refractivity contribution >= 4 is 58.2 Å². The molecule has 0 atom stereocenters. The summed E-state index contributed by atoms with van der Waals surface area (Å²) in [6.45, 7) is 0. The Hall–Kier alpha value is -1.51. The summed E-state index contributed by atoms with van der Waals surface area (Å²) >= 11 is 11.1. The van der Waals surface area contributed by atoms with Gasteiger partial charge in [-0.15, -0.1) is 0 Å². The maximum atomic E-state index is 10.6. The molecular formula is C14H16Cl2MgO10. The Kier molecular flexibility index (Phi) is 26.0. The summed E-state index contributed by atoms with van der Waals surface area (Å²) in [6, 6.07) is 12.0. The van der Waals surface area contributed by atoms with Crippen LogP contribution in [0.3, 0.4) is 0 Å². The van der Waals surface area contributed by atoms with Gasteiger partial charge in [-0.1, -0.05) is 35.3 Å². The fourth-order valence-corrected chi connectivity index (χ4v) is 1.71. The first-order valence-corrected chi connectivity index (χ1v) is 6.43. The van der Waals surface area contributed by atoms with Crippen molar-refractivity contribution in [3.8, 4) is 0 Å². The fourth-order valence-electron chi connectivity index (χ4n) is 1.33. The van der Waals surface area contributed by atoms with E-state index < -0.39 is 11.9 Å². The minimum Gasteiger partial charge on any atom is -0.661 e. The van der Waals surface area contributed by atoms with Crippen molar-refractivity contribution < 1.29 is 51.8 Å². The van der Waals surface area contributed by atoms with Gasteiger partial charge in [0.1, 0.15) is 0 Å². The van der Waals surface area contributed by atoms with Gasteiger partial charge in [-0.3, -0.25) is 0 Å². The smallest absolute Gasteiger partial charge is 0.661 e. The Morgan fingerprint density at radius 2 is 1.00 bits per heavy atom. The van der Waals surface area contributed by atoms with Crippen LogP contribution in [0, 0.1) is 0 Å². The maximum absolute atomic E-state index is 10.6. The van der Waals surface area contributed by atoms with Crippen LogP contribution in [0.5, 0.6) is 0 Å². The van der Waals surface area contributed by atoms with Crippen LogP contribution in [0.2, 0.25) is 10.0 Å². The Morgan fingerprint density at radius 3 is 1.22 bits per heavy atom. The molecule has 0 heterocycles. The molecule has 0 bridgehead atoms. The molecule has 27 heavy (non-hydrogen) atoms. The van der Waals surface area contributed by atoms with Gasteiger partial charge in [-0.25, -0.2) is 9.59 Å². The molecule has 0 unspecified atom stereocenters. The molecule has 0 saturated heterocycles. The van der Waals surface area contributed by atoms with Gasteiger partial charge in [0.15, 0.2) is 0 Å². The number of halogens is 2. The van der Waals surface area contributed by atoms with Crippen molar-refractivity contribution in [2.45, 2.75) is 0 Å². The standard InChI is InChI=1S/2C7H5ClO3.Mg.4H2O/c2*8-6-3-1-2-5(4-6)7(9)11-10;;;;;/h2*1-4,10H;;4*1H2/q;;+2;;;;/p-2. The first-order chi connectivity index (χ1) is 10.5. The van der Waals surface area contributed by atoms with Crippen LogP contribution in [0.4, 0.5) is 0 Å². The van der Waals surface area contributed by atoms with Gasteiger partial charge in [0.2, 0.25) is 0 Å². The molecule has 2 aromatic carbocycles. The SMILES string of the molecule is O.O.O.O.O=C(O[O-])c1cccc(Cl)c1.O=C(O[O-])c1cccc(Cl)c1.[Mg+2]. The third-order valence-electron chi connectivity index (χ3n) is 2.27. The van der Waals surface area contributed by atoms with Gasteiger partial charge < -0.3 is 42.2 Å². The topological polar surface area (TPSA) is 225 Å². The van der Waals surface area contributed by atoms with Crippen molar-refractivity contribution in [1.82, 2.24) is 0 Å². The molecule has 0 aromatic heterocycles. The molecule has 8 N–H and O–H groups in total. The molecule has 13 heteroatoms. The number of carbonyl (C=O) groups is 2. The van der Waals surface area contributed by atoms with E-state index in [1.54, 1.807) is 24.3 Å². The number of benzene rings is 2. The number of hydrogen-bond donors (Lipinski definition) is 0. The molecule has 2 aromatic rings. The Labute approximate surface area is 179 Å². The van der Waals surface area contributed by atoms with Crippen molar-refractivity contribution in [3.05, 3.63) is 69.7 Å². The van der Waals surface area contributed by atoms with Gasteiger partial charge in [0, 0.05) is 10.0 Å². The number of carbonyl (C=O) groups excluding carboxylic acids is 2. The van der Waals surface area contributed by atoms with Crippen LogP contribution in [0.25, 0.3) is 0 Å². The van der Waals surface area contributed by atoms with E-state index in [1.165, 1.54) is 24.3 Å². The molecule has 0 fully saturated rings. The summed E-state index contributed by atoms with van der Waals surface area (Å²) in [5.74, 6) is -1.85. The molecule has 0 aliphatic carbocycles. The van der Waals surface area contributed by atoms with Crippen LogP contribution in [-0.4, -0.2) is 56.9 Å². The summed E-state index contributed by atoms with van der Waals surface area (Å²) in [5, 5.41) is 20.1. The summed E-state index contributed by atoms with van der Waals surface area (Å²) < 4.78 is 0. The second-order valence-electron chi connectivity index (χ2n) is 3.76. The summed E-state index contributed by atoms with van der Waals surface area (Å²) in [4.78, 5) is 27.6. The van der Waals surface area contributed by atoms with Crippen molar-refractivity contribution in [3.63, 3.8) is 0 Å². The first-order valence-electron chi connectivity index (χ1n) is 5.67. The molecule has 0 amide bonds. The van der Waals surface area contributed by atoms with E-state index in [0.717, 1.165) is 0 Å². The van der Waals surface area contributed by atoms with Crippen LogP contribution in [0.1, 0.15) is 20.7 Å². The van der Waals surface area contributed by atoms with Crippen molar-refractivity contribution in [2.75, 3.05) is 0 Å². The average molecular weight is 439 g/mol. The monoisotopic (exact) mass is 438 g/mol. The number of rotatable bonds is 2. The average Bonchev–Trinajstić information content (AvgIpc) is 2.54. The Morgan fingerprint density at radius 1 is 0.704 bits per heavy atom. The minimum atomic E-state index is -0.924. The largest absolute Gasteiger partial charge is 2.00 e. The predicted octanol–water partition coefficient (Wildman–Crippen LogP) is -2.14. The van der Waals surface area contributed by atoms with Gasteiger partial charge in [-0.2, -0.15) is 0 Å². The van der Waals surface area contributed by atoms with Crippen LogP contribution < -0.4 is 10.5 Å². The fraction of sp³-hybridized carbons (Fsp3) is 0. The van der Waals surface area contributed by atoms with E-state index in [0.29, 0.717) is 10.0 Å². The molecule has 0 aliphatic heterocycles. The molecule has 0 aliphatic rings.